The van der Waals surface area contributed by atoms with E-state index in [1.807, 2.05) is 62.3 Å². The van der Waals surface area contributed by atoms with E-state index >= 15 is 33.6 Å². The highest BCUT2D eigenvalue weighted by molar-refractivity contribution is 6.00. The van der Waals surface area contributed by atoms with Crippen molar-refractivity contribution in [3.05, 3.63) is 0 Å². The number of nitrogens with zero attached hydrogens (tertiary/aromatic N) is 8. The average Bonchev–Trinajstić information content (AvgIpc) is 0.813. The third kappa shape index (κ3) is 25.3. The molecule has 4 aliphatic rings. The van der Waals surface area contributed by atoms with Gasteiger partial charge in [0.15, 0.2) is 0 Å². The van der Waals surface area contributed by atoms with Crippen LogP contribution in [0.25, 0.3) is 0 Å². The monoisotopic (exact) mass is 1480 g/mol. The summed E-state index contributed by atoms with van der Waals surface area (Å²) in [5.41, 5.74) is 0. The third-order valence-electron chi connectivity index (χ3n) is 22.4. The fourth-order valence-corrected chi connectivity index (χ4v) is 15.7. The second-order valence-electron chi connectivity index (χ2n) is 32.5. The van der Waals surface area contributed by atoms with Gasteiger partial charge in [0.05, 0.1) is 31.1 Å². The van der Waals surface area contributed by atoms with E-state index in [0.29, 0.717) is 51.6 Å². The Balaban J connectivity index is 2.02. The van der Waals surface area contributed by atoms with Gasteiger partial charge in [0.1, 0.15) is 60.4 Å². The third-order valence-corrected chi connectivity index (χ3v) is 22.4. The molecule has 2 saturated carbocycles. The van der Waals surface area contributed by atoms with Gasteiger partial charge in [-0.3, -0.25) is 62.3 Å². The number of hydrogen-bond donors (Lipinski definition) is 6. The second-order valence-corrected chi connectivity index (χ2v) is 32.5. The molecule has 13 amide bonds. The van der Waals surface area contributed by atoms with Crippen molar-refractivity contribution in [1.29, 1.82) is 0 Å². The van der Waals surface area contributed by atoms with E-state index < -0.39 is 168 Å². The molecule has 2 heterocycles. The smallest absolute Gasteiger partial charge is 0.248 e. The van der Waals surface area contributed by atoms with Crippen molar-refractivity contribution in [1.82, 2.24) is 65.8 Å². The highest BCUT2D eigenvalue weighted by atomic mass is 16.5. The van der Waals surface area contributed by atoms with Crippen LogP contribution >= 0.6 is 0 Å². The van der Waals surface area contributed by atoms with E-state index in [0.717, 1.165) is 48.3 Å². The van der Waals surface area contributed by atoms with Crippen molar-refractivity contribution in [2.45, 2.75) is 284 Å². The first-order valence-electron chi connectivity index (χ1n) is 39.0. The molecule has 28 nitrogen and oxygen atoms in total. The van der Waals surface area contributed by atoms with Gasteiger partial charge in [-0.15, -0.1) is 0 Å². The van der Waals surface area contributed by atoms with Crippen LogP contribution < -0.4 is 26.6 Å². The zero-order valence-corrected chi connectivity index (χ0v) is 67.6. The zero-order chi connectivity index (χ0) is 79.2. The molecule has 598 valence electrons. The van der Waals surface area contributed by atoms with E-state index in [4.69, 9.17) is 4.74 Å². The fourth-order valence-electron chi connectivity index (χ4n) is 15.7. The first-order valence-corrected chi connectivity index (χ1v) is 39.0. The van der Waals surface area contributed by atoms with Gasteiger partial charge in [0, 0.05) is 76.6 Å². The number of rotatable bonds is 19. The van der Waals surface area contributed by atoms with Crippen molar-refractivity contribution in [2.24, 2.45) is 47.3 Å². The molecule has 3 unspecified atom stereocenters. The number of carbonyl (C=O) groups excluding carboxylic acids is 13. The van der Waals surface area contributed by atoms with E-state index in [9.17, 15) is 33.9 Å². The number of aliphatic hydroxyl groups is 1. The maximum Gasteiger partial charge on any atom is 0.248 e. The first kappa shape index (κ1) is 90.4. The van der Waals surface area contributed by atoms with Gasteiger partial charge in [0.25, 0.3) is 0 Å². The minimum absolute atomic E-state index is 0.00629. The summed E-state index contributed by atoms with van der Waals surface area (Å²) in [5, 5.41) is 25.6. The molecule has 0 aromatic rings. The Morgan fingerprint density at radius 3 is 1.50 bits per heavy atom. The van der Waals surface area contributed by atoms with E-state index in [2.05, 4.69) is 26.6 Å². The van der Waals surface area contributed by atoms with E-state index in [-0.39, 0.29) is 86.4 Å². The van der Waals surface area contributed by atoms with Crippen LogP contribution in [0, 0.1) is 47.3 Å². The molecule has 0 bridgehead atoms. The van der Waals surface area contributed by atoms with Crippen LogP contribution in [0.1, 0.15) is 212 Å². The summed E-state index contributed by atoms with van der Waals surface area (Å²) in [5.74, 6) is -10.6. The first-order chi connectivity index (χ1) is 49.3. The molecule has 0 aromatic heterocycles. The zero-order valence-electron chi connectivity index (χ0n) is 67.6. The highest BCUT2D eigenvalue weighted by Gasteiger charge is 2.46. The fraction of sp³-hybridized carbons (Fsp3) is 0.831. The maximum atomic E-state index is 15.9. The molecule has 4 fully saturated rings. The SMILES string of the molecule is CC[C@H](C)[C@H]1C(=O)N[C@@H]([C@@H](C)O)C(=O)N(C)CC(=O)N(C)[C@@H](CC)C(=O)N[C@H](C(=O)N2CCCCC2)CC(=O)N(C)[C@@H](CC(C)C)C(=O)N[C@@H](CC2CCC(C(=O)NC)C(OC)C2)C(=O)N(C)[C@@H](CC(C)C)C(=O)N(C)[C@@H](CC2CCCCC2)C(=O)N[C@@H](CC(C)C)C(=O)N(C)[C@@H](CC(C)C)C(=O)N1C. The molecule has 0 radical (unpaired) electrons. The molecule has 4 rings (SSSR count). The Bertz CT molecular complexity index is 2940. The van der Waals surface area contributed by atoms with Crippen LogP contribution in [0.4, 0.5) is 0 Å². The summed E-state index contributed by atoms with van der Waals surface area (Å²) in [4.78, 5) is 205. The van der Waals surface area contributed by atoms with Gasteiger partial charge >= 0.3 is 0 Å². The minimum atomic E-state index is -1.65. The molecule has 28 heteroatoms. The number of carbonyl (C=O) groups is 13. The molecule has 2 saturated heterocycles. The molecular weight excluding hydrogens is 1350 g/mol. The van der Waals surface area contributed by atoms with Gasteiger partial charge in [-0.1, -0.05) is 115 Å². The molecular formula is C77H135N13O15. The van der Waals surface area contributed by atoms with Crippen molar-refractivity contribution in [3.63, 3.8) is 0 Å². The Kier molecular flexibility index (Phi) is 36.6. The second kappa shape index (κ2) is 42.5. The lowest BCUT2D eigenvalue weighted by Gasteiger charge is -2.40. The number of likely N-dealkylation sites (tertiary alicyclic amines) is 1. The Labute approximate surface area is 626 Å². The molecule has 15 atom stereocenters. The Hall–Kier alpha value is -6.97. The molecule has 6 N–H and O–H groups in total. The van der Waals surface area contributed by atoms with Gasteiger partial charge in [-0.25, -0.2) is 0 Å². The van der Waals surface area contributed by atoms with Crippen molar-refractivity contribution >= 4 is 76.8 Å². The molecule has 0 spiro atoms. The van der Waals surface area contributed by atoms with Crippen LogP contribution in [0.2, 0.25) is 0 Å². The Morgan fingerprint density at radius 2 is 0.990 bits per heavy atom. The Morgan fingerprint density at radius 1 is 0.505 bits per heavy atom. The largest absolute Gasteiger partial charge is 0.391 e. The van der Waals surface area contributed by atoms with Gasteiger partial charge in [-0.2, -0.15) is 0 Å². The van der Waals surface area contributed by atoms with Crippen LogP contribution in [0.15, 0.2) is 0 Å². The van der Waals surface area contributed by atoms with Crippen LogP contribution in [0.3, 0.4) is 0 Å². The minimum Gasteiger partial charge on any atom is -0.391 e. The number of piperidine rings is 1. The van der Waals surface area contributed by atoms with Gasteiger partial charge < -0.3 is 75.6 Å². The van der Waals surface area contributed by atoms with E-state index in [1.165, 1.54) is 87.9 Å². The quantitative estimate of drug-likeness (QED) is 0.105. The van der Waals surface area contributed by atoms with Crippen LogP contribution in [0.5, 0.6) is 0 Å². The molecule has 2 aliphatic carbocycles. The van der Waals surface area contributed by atoms with Crippen molar-refractivity contribution in [3.8, 4) is 0 Å². The normalized spacial score (nSPS) is 28.8. The van der Waals surface area contributed by atoms with Crippen molar-refractivity contribution in [2.75, 3.05) is 83.1 Å². The van der Waals surface area contributed by atoms with Gasteiger partial charge in [-0.05, 0) is 132 Å². The summed E-state index contributed by atoms with van der Waals surface area (Å²) in [7, 11) is 13.1. The lowest BCUT2D eigenvalue weighted by atomic mass is 9.76. The summed E-state index contributed by atoms with van der Waals surface area (Å²) in [6.07, 6.45) is 6.15. The van der Waals surface area contributed by atoms with Crippen LogP contribution in [-0.4, -0.2) is 277 Å². The topological polar surface area (TPSA) is 337 Å². The lowest BCUT2D eigenvalue weighted by Crippen LogP contribution is -2.62. The summed E-state index contributed by atoms with van der Waals surface area (Å²) in [6.45, 7) is 21.6. The number of amides is 13. The number of aliphatic hydroxyl groups excluding tert-OH is 1. The summed E-state index contributed by atoms with van der Waals surface area (Å²) < 4.78 is 5.91. The molecule has 105 heavy (non-hydrogen) atoms. The van der Waals surface area contributed by atoms with Crippen LogP contribution in [-0.2, 0) is 67.1 Å². The lowest BCUT2D eigenvalue weighted by molar-refractivity contribution is -0.152. The maximum absolute atomic E-state index is 15.9. The number of likely N-dealkylation sites (N-methyl/N-ethyl adjacent to an activating group) is 7. The number of nitrogens with one attached hydrogen (secondary N) is 5. The summed E-state index contributed by atoms with van der Waals surface area (Å²) in [6, 6.07) is -13.1. The average molecular weight is 1480 g/mol. The molecule has 2 aliphatic heterocycles. The van der Waals surface area contributed by atoms with Gasteiger partial charge in [0.2, 0.25) is 76.8 Å². The number of hydrogen-bond acceptors (Lipinski definition) is 15. The predicted octanol–water partition coefficient (Wildman–Crippen LogP) is 4.32. The van der Waals surface area contributed by atoms with E-state index in [1.54, 1.807) is 25.8 Å². The number of ether oxygens (including phenoxy) is 1. The van der Waals surface area contributed by atoms with Crippen molar-refractivity contribution < 1.29 is 72.2 Å². The standard InChI is InChI=1S/C77H135N13O15/c1-22-49(11)66-71(98)82-65(50(12)91)77(104)83(14)44-64(93)84(15)57(23-2)68(95)81-56(74(101)90-34-28-25-29-35-90)43-63(92)85(16)58(37-46(5)6)69(96)80-55(40-52-32-33-53(67(94)78-13)62(42-52)105-21)73(100)87(18)60(38-47(7)8)75(102)86(17)59(41-51-30-26-24-27-31-51)70(97)79-54(36-45(3)4)72(99)88(19)61(39-48(9)10)76(103)89(66)20/h45-62,65-66,91H,22-44H2,1-21H3,(H,78,94)(H,79,97)(H,80,96)(H,81,95)(H,82,98)/t49-,50+,52?,53?,54-,55-,56-,57-,58-,59-,60-,61-,62?,65-,66-/m0/s1. The number of methoxy groups -OCH3 is 1. The highest BCUT2D eigenvalue weighted by Crippen LogP contribution is 2.36. The molecule has 0 aromatic carbocycles. The predicted molar refractivity (Wildman–Crippen MR) is 401 cm³/mol. The summed E-state index contributed by atoms with van der Waals surface area (Å²) >= 11 is 0.